The number of hydrogen-bond acceptors (Lipinski definition) is 1. The van der Waals surface area contributed by atoms with Gasteiger partial charge in [0.15, 0.2) is 0 Å². The average Bonchev–Trinajstić information content (AvgIpc) is 2.42. The van der Waals surface area contributed by atoms with Crippen LogP contribution in [0, 0.1) is 19.3 Å². The van der Waals surface area contributed by atoms with Crippen LogP contribution in [0.4, 0.5) is 0 Å². The molecule has 18 heavy (non-hydrogen) atoms. The molecular formula is C16H24ClN. The maximum atomic E-state index is 6.48. The molecular weight excluding hydrogens is 242 g/mol. The van der Waals surface area contributed by atoms with E-state index in [1.165, 1.54) is 35.1 Å². The van der Waals surface area contributed by atoms with Crippen LogP contribution in [0.2, 0.25) is 5.02 Å². The van der Waals surface area contributed by atoms with Crippen molar-refractivity contribution in [3.05, 3.63) is 33.3 Å². The minimum Gasteiger partial charge on any atom is -0.313 e. The molecule has 1 nitrogen and oxygen atoms in total. The third-order valence-corrected chi connectivity index (χ3v) is 4.79. The number of halogens is 1. The molecule has 2 heteroatoms. The lowest BCUT2D eigenvalue weighted by molar-refractivity contribution is 0.279. The zero-order chi connectivity index (χ0) is 13.5. The van der Waals surface area contributed by atoms with Crippen molar-refractivity contribution in [3.8, 4) is 0 Å². The van der Waals surface area contributed by atoms with Crippen LogP contribution in [0.5, 0.6) is 0 Å². The summed E-state index contributed by atoms with van der Waals surface area (Å²) < 4.78 is 0. The molecule has 0 saturated carbocycles. The fourth-order valence-electron chi connectivity index (χ4n) is 3.15. The van der Waals surface area contributed by atoms with Gasteiger partial charge in [0.2, 0.25) is 0 Å². The SMILES string of the molecule is CNC1CC(C)(C)CCc2c(Cl)cc(C)c(C)c21. The van der Waals surface area contributed by atoms with Crippen LogP contribution in [0.3, 0.4) is 0 Å². The van der Waals surface area contributed by atoms with Crippen molar-refractivity contribution in [2.45, 2.75) is 53.0 Å². The van der Waals surface area contributed by atoms with Crippen LogP contribution in [0.1, 0.15) is 55.0 Å². The van der Waals surface area contributed by atoms with E-state index in [-0.39, 0.29) is 0 Å². The Bertz CT molecular complexity index is 463. The van der Waals surface area contributed by atoms with Gasteiger partial charge >= 0.3 is 0 Å². The van der Waals surface area contributed by atoms with Gasteiger partial charge in [-0.25, -0.2) is 0 Å². The van der Waals surface area contributed by atoms with Gasteiger partial charge in [-0.05, 0) is 73.9 Å². The van der Waals surface area contributed by atoms with Crippen LogP contribution in [-0.4, -0.2) is 7.05 Å². The summed E-state index contributed by atoms with van der Waals surface area (Å²) in [5.41, 5.74) is 5.90. The van der Waals surface area contributed by atoms with Gasteiger partial charge < -0.3 is 5.32 Å². The fraction of sp³-hybridized carbons (Fsp3) is 0.625. The highest BCUT2D eigenvalue weighted by molar-refractivity contribution is 6.31. The van der Waals surface area contributed by atoms with Crippen LogP contribution >= 0.6 is 11.6 Å². The zero-order valence-electron chi connectivity index (χ0n) is 12.2. The Labute approximate surface area is 116 Å². The van der Waals surface area contributed by atoms with E-state index in [0.29, 0.717) is 11.5 Å². The highest BCUT2D eigenvalue weighted by Crippen LogP contribution is 2.43. The van der Waals surface area contributed by atoms with E-state index in [9.17, 15) is 0 Å². The first kappa shape index (κ1) is 13.9. The summed E-state index contributed by atoms with van der Waals surface area (Å²) >= 11 is 6.48. The van der Waals surface area contributed by atoms with Crippen molar-refractivity contribution >= 4 is 11.6 Å². The largest absolute Gasteiger partial charge is 0.313 e. The second-order valence-electron chi connectivity index (χ2n) is 6.40. The highest BCUT2D eigenvalue weighted by atomic mass is 35.5. The summed E-state index contributed by atoms with van der Waals surface area (Å²) in [4.78, 5) is 0. The molecule has 0 bridgehead atoms. The lowest BCUT2D eigenvalue weighted by atomic mass is 9.82. The maximum Gasteiger partial charge on any atom is 0.0444 e. The quantitative estimate of drug-likeness (QED) is 0.733. The van der Waals surface area contributed by atoms with Crippen LogP contribution in [-0.2, 0) is 6.42 Å². The molecule has 1 unspecified atom stereocenters. The van der Waals surface area contributed by atoms with Crippen molar-refractivity contribution in [2.24, 2.45) is 5.41 Å². The second-order valence-corrected chi connectivity index (χ2v) is 6.81. The molecule has 0 radical (unpaired) electrons. The van der Waals surface area contributed by atoms with Crippen LogP contribution in [0.15, 0.2) is 6.07 Å². The number of nitrogens with one attached hydrogen (secondary N) is 1. The van der Waals surface area contributed by atoms with Crippen LogP contribution in [0.25, 0.3) is 0 Å². The Balaban J connectivity index is 2.60. The molecule has 1 N–H and O–H groups in total. The normalized spacial score (nSPS) is 22.4. The minimum atomic E-state index is 0.371. The molecule has 0 amide bonds. The van der Waals surface area contributed by atoms with Gasteiger partial charge in [0.1, 0.15) is 0 Å². The molecule has 0 saturated heterocycles. The van der Waals surface area contributed by atoms with E-state index >= 15 is 0 Å². The molecule has 1 aromatic rings. The molecule has 1 atom stereocenters. The van der Waals surface area contributed by atoms with Gasteiger partial charge in [0.05, 0.1) is 0 Å². The van der Waals surface area contributed by atoms with Gasteiger partial charge in [-0.1, -0.05) is 25.4 Å². The van der Waals surface area contributed by atoms with Crippen molar-refractivity contribution in [3.63, 3.8) is 0 Å². The van der Waals surface area contributed by atoms with Crippen molar-refractivity contribution < 1.29 is 0 Å². The fourth-order valence-corrected chi connectivity index (χ4v) is 3.51. The molecule has 1 aliphatic carbocycles. The number of aryl methyl sites for hydroxylation is 1. The summed E-state index contributed by atoms with van der Waals surface area (Å²) in [6, 6.07) is 2.55. The van der Waals surface area contributed by atoms with E-state index in [0.717, 1.165) is 11.4 Å². The molecule has 0 aliphatic heterocycles. The first-order valence-corrected chi connectivity index (χ1v) is 7.19. The topological polar surface area (TPSA) is 12.0 Å². The van der Waals surface area contributed by atoms with Gasteiger partial charge in [-0.3, -0.25) is 0 Å². The van der Waals surface area contributed by atoms with E-state index in [4.69, 9.17) is 11.6 Å². The summed E-state index contributed by atoms with van der Waals surface area (Å²) in [6.07, 6.45) is 3.48. The van der Waals surface area contributed by atoms with Crippen molar-refractivity contribution in [1.29, 1.82) is 0 Å². The van der Waals surface area contributed by atoms with E-state index < -0.39 is 0 Å². The van der Waals surface area contributed by atoms with Crippen LogP contribution < -0.4 is 5.32 Å². The molecule has 100 valence electrons. The zero-order valence-corrected chi connectivity index (χ0v) is 12.9. The first-order valence-electron chi connectivity index (χ1n) is 6.81. The van der Waals surface area contributed by atoms with E-state index in [2.05, 4.69) is 46.1 Å². The van der Waals surface area contributed by atoms with E-state index in [1.54, 1.807) is 0 Å². The predicted molar refractivity (Wildman–Crippen MR) is 79.4 cm³/mol. The molecule has 0 heterocycles. The summed E-state index contributed by atoms with van der Waals surface area (Å²) in [5.74, 6) is 0. The van der Waals surface area contributed by atoms with Crippen molar-refractivity contribution in [1.82, 2.24) is 5.32 Å². The predicted octanol–water partition coefficient (Wildman–Crippen LogP) is 4.58. The standard InChI is InChI=1S/C16H24ClN/c1-10-8-13(17)12-6-7-16(3,4)9-14(18-5)15(12)11(10)2/h8,14,18H,6-7,9H2,1-5H3. The second kappa shape index (κ2) is 4.86. The molecule has 2 rings (SSSR count). The molecule has 0 aromatic heterocycles. The third-order valence-electron chi connectivity index (χ3n) is 4.46. The Morgan fingerprint density at radius 3 is 2.61 bits per heavy atom. The number of fused-ring (bicyclic) bond motifs is 1. The molecule has 1 aliphatic rings. The van der Waals surface area contributed by atoms with Gasteiger partial charge in [-0.2, -0.15) is 0 Å². The van der Waals surface area contributed by atoms with Gasteiger partial charge in [0, 0.05) is 11.1 Å². The van der Waals surface area contributed by atoms with Gasteiger partial charge in [0.25, 0.3) is 0 Å². The summed E-state index contributed by atoms with van der Waals surface area (Å²) in [5, 5.41) is 4.44. The summed E-state index contributed by atoms with van der Waals surface area (Å²) in [6.45, 7) is 9.11. The van der Waals surface area contributed by atoms with E-state index in [1.807, 2.05) is 0 Å². The average molecular weight is 266 g/mol. The first-order chi connectivity index (χ1) is 8.35. The Hall–Kier alpha value is -0.530. The third kappa shape index (κ3) is 2.44. The summed E-state index contributed by atoms with van der Waals surface area (Å²) in [7, 11) is 2.06. The smallest absolute Gasteiger partial charge is 0.0444 e. The highest BCUT2D eigenvalue weighted by Gasteiger charge is 2.31. The van der Waals surface area contributed by atoms with Gasteiger partial charge in [-0.15, -0.1) is 0 Å². The molecule has 1 aromatic carbocycles. The number of hydrogen-bond donors (Lipinski definition) is 1. The lowest BCUT2D eigenvalue weighted by Crippen LogP contribution is -2.23. The Morgan fingerprint density at radius 2 is 2.00 bits per heavy atom. The minimum absolute atomic E-state index is 0.371. The number of rotatable bonds is 1. The Morgan fingerprint density at radius 1 is 1.33 bits per heavy atom. The monoisotopic (exact) mass is 265 g/mol. The molecule has 0 fully saturated rings. The maximum absolute atomic E-state index is 6.48. The Kier molecular flexibility index (Phi) is 3.75. The number of benzene rings is 1. The lowest BCUT2D eigenvalue weighted by Gasteiger charge is -2.27. The molecule has 0 spiro atoms. The van der Waals surface area contributed by atoms with Crippen molar-refractivity contribution in [2.75, 3.05) is 7.05 Å².